The molecular weight excluding hydrogens is 496 g/mol. The van der Waals surface area contributed by atoms with E-state index in [1.54, 1.807) is 22.7 Å². The molecule has 0 atom stereocenters. The molecule has 6 nitrogen and oxygen atoms in total. The maximum Gasteiger partial charge on any atom is 0.121 e. The first-order valence-corrected chi connectivity index (χ1v) is 13.9. The van der Waals surface area contributed by atoms with Crippen molar-refractivity contribution in [3.63, 3.8) is 0 Å². The van der Waals surface area contributed by atoms with Crippen LogP contribution in [-0.4, -0.2) is 28.9 Å². The molecule has 2 aromatic carbocycles. The Bertz CT molecular complexity index is 2100. The van der Waals surface area contributed by atoms with Gasteiger partial charge in [-0.3, -0.25) is 0 Å². The molecule has 0 N–H and O–H groups in total. The van der Waals surface area contributed by atoms with Crippen molar-refractivity contribution in [3.05, 3.63) is 89.0 Å². The smallest absolute Gasteiger partial charge is 0.121 e. The fourth-order valence-corrected chi connectivity index (χ4v) is 7.62. The summed E-state index contributed by atoms with van der Waals surface area (Å²) in [5.74, 6) is 0. The maximum absolute atomic E-state index is 5.38. The zero-order valence-electron chi connectivity index (χ0n) is 20.5. The second-order valence-corrected chi connectivity index (χ2v) is 12.2. The molecule has 0 aliphatic carbocycles. The molecular formula is C29H22N6S2. The molecule has 0 spiro atoms. The van der Waals surface area contributed by atoms with Gasteiger partial charge in [-0.25, -0.2) is 14.2 Å². The van der Waals surface area contributed by atoms with E-state index in [0.29, 0.717) is 0 Å². The SMILES string of the molecule is Cc1ccc(-n2ncc3c2c2nc(C(C)(C)n4c5ccccc5c5ccccc54)sc2c2ccnn23)s1. The Kier molecular flexibility index (Phi) is 4.15. The lowest BCUT2D eigenvalue weighted by atomic mass is 10.1. The zero-order chi connectivity index (χ0) is 24.9. The first kappa shape index (κ1) is 21.1. The minimum Gasteiger partial charge on any atom is -0.328 e. The van der Waals surface area contributed by atoms with Crippen LogP contribution in [0.2, 0.25) is 0 Å². The largest absolute Gasteiger partial charge is 0.328 e. The van der Waals surface area contributed by atoms with Crippen LogP contribution in [-0.2, 0) is 5.54 Å². The summed E-state index contributed by atoms with van der Waals surface area (Å²) in [5, 5.41) is 14.1. The minimum atomic E-state index is -0.389. The highest BCUT2D eigenvalue weighted by molar-refractivity contribution is 7.19. The Balaban J connectivity index is 1.46. The molecule has 8 aromatic rings. The number of benzene rings is 2. The van der Waals surface area contributed by atoms with E-state index in [1.165, 1.54) is 26.7 Å². The molecule has 8 heteroatoms. The monoisotopic (exact) mass is 518 g/mol. The molecule has 0 fully saturated rings. The number of fused-ring (bicyclic) bond motifs is 9. The van der Waals surface area contributed by atoms with Crippen molar-refractivity contribution in [2.24, 2.45) is 0 Å². The number of thiophene rings is 1. The van der Waals surface area contributed by atoms with E-state index < -0.39 is 0 Å². The summed E-state index contributed by atoms with van der Waals surface area (Å²) in [6.45, 7) is 6.67. The fraction of sp³-hybridized carbons (Fsp3) is 0.138. The van der Waals surface area contributed by atoms with Gasteiger partial charge in [0, 0.05) is 26.7 Å². The molecule has 0 saturated carbocycles. The molecule has 0 aliphatic rings. The van der Waals surface area contributed by atoms with Gasteiger partial charge in [-0.05, 0) is 51.1 Å². The number of nitrogens with zero attached hydrogens (tertiary/aromatic N) is 6. The van der Waals surface area contributed by atoms with Crippen molar-refractivity contribution >= 4 is 71.2 Å². The first-order valence-electron chi connectivity index (χ1n) is 12.2. The summed E-state index contributed by atoms with van der Waals surface area (Å²) in [6, 6.07) is 23.7. The van der Waals surface area contributed by atoms with Crippen molar-refractivity contribution in [2.45, 2.75) is 26.3 Å². The van der Waals surface area contributed by atoms with Crippen LogP contribution in [0.3, 0.4) is 0 Å². The summed E-state index contributed by atoms with van der Waals surface area (Å²) in [6.07, 6.45) is 3.76. The van der Waals surface area contributed by atoms with Crippen molar-refractivity contribution in [2.75, 3.05) is 0 Å². The van der Waals surface area contributed by atoms with E-state index in [1.807, 2.05) is 21.6 Å². The highest BCUT2D eigenvalue weighted by Crippen LogP contribution is 2.42. The van der Waals surface area contributed by atoms with E-state index in [-0.39, 0.29) is 5.54 Å². The quantitative estimate of drug-likeness (QED) is 0.243. The molecule has 0 unspecified atom stereocenters. The molecule has 37 heavy (non-hydrogen) atoms. The normalized spacial score (nSPS) is 12.7. The predicted molar refractivity (Wildman–Crippen MR) is 153 cm³/mol. The van der Waals surface area contributed by atoms with Gasteiger partial charge in [-0.1, -0.05) is 36.4 Å². The number of hydrogen-bond donors (Lipinski definition) is 0. The maximum atomic E-state index is 5.38. The fourth-order valence-electron chi connectivity index (χ4n) is 5.62. The molecule has 180 valence electrons. The minimum absolute atomic E-state index is 0.389. The summed E-state index contributed by atoms with van der Waals surface area (Å²) in [4.78, 5) is 6.63. The third-order valence-corrected chi connectivity index (χ3v) is 9.67. The average molecular weight is 519 g/mol. The van der Waals surface area contributed by atoms with Crippen LogP contribution in [0.15, 0.2) is 79.1 Å². The molecule has 0 amide bonds. The number of hydrogen-bond acceptors (Lipinski definition) is 5. The van der Waals surface area contributed by atoms with E-state index in [0.717, 1.165) is 36.8 Å². The van der Waals surface area contributed by atoms with E-state index in [2.05, 4.69) is 97.2 Å². The standard InChI is InChI=1S/C29H22N6S2/c1-17-12-13-24(36-17)35-26-23(16-31-35)34-22(14-15-30-34)27-25(26)32-28(37-27)29(2,3)33-20-10-6-4-8-18(20)19-9-5-7-11-21(19)33/h4-16H,1-3H3. The van der Waals surface area contributed by atoms with Gasteiger partial charge < -0.3 is 4.57 Å². The molecule has 0 saturated heterocycles. The Hall–Kier alpha value is -4.01. The second kappa shape index (κ2) is 7.27. The van der Waals surface area contributed by atoms with Crippen LogP contribution in [0.25, 0.3) is 53.6 Å². The third kappa shape index (κ3) is 2.77. The van der Waals surface area contributed by atoms with Crippen LogP contribution in [0, 0.1) is 6.92 Å². The number of thiazole rings is 1. The van der Waals surface area contributed by atoms with Crippen molar-refractivity contribution in [3.8, 4) is 5.00 Å². The van der Waals surface area contributed by atoms with Gasteiger partial charge in [-0.2, -0.15) is 10.2 Å². The molecule has 6 heterocycles. The van der Waals surface area contributed by atoms with Crippen LogP contribution in [0.4, 0.5) is 0 Å². The molecule has 6 aromatic heterocycles. The van der Waals surface area contributed by atoms with E-state index >= 15 is 0 Å². The first-order chi connectivity index (χ1) is 18.0. The average Bonchev–Trinajstić information content (AvgIpc) is 3.71. The van der Waals surface area contributed by atoms with Crippen LogP contribution >= 0.6 is 22.7 Å². The van der Waals surface area contributed by atoms with E-state index in [9.17, 15) is 0 Å². The Morgan fingerprint density at radius 1 is 0.757 bits per heavy atom. The Morgan fingerprint density at radius 3 is 2.19 bits per heavy atom. The van der Waals surface area contributed by atoms with Crippen molar-refractivity contribution in [1.82, 2.24) is 28.9 Å². The second-order valence-electron chi connectivity index (χ2n) is 9.93. The van der Waals surface area contributed by atoms with Gasteiger partial charge >= 0.3 is 0 Å². The third-order valence-electron chi connectivity index (χ3n) is 7.30. The topological polar surface area (TPSA) is 52.9 Å². The van der Waals surface area contributed by atoms with Gasteiger partial charge in [0.2, 0.25) is 0 Å². The van der Waals surface area contributed by atoms with Gasteiger partial charge in [0.05, 0.1) is 28.1 Å². The highest BCUT2D eigenvalue weighted by atomic mass is 32.1. The van der Waals surface area contributed by atoms with Gasteiger partial charge in [0.1, 0.15) is 26.6 Å². The Labute approximate surface area is 220 Å². The zero-order valence-corrected chi connectivity index (χ0v) is 22.1. The molecule has 8 rings (SSSR count). The number of aryl methyl sites for hydroxylation is 1. The van der Waals surface area contributed by atoms with Crippen LogP contribution in [0.5, 0.6) is 0 Å². The summed E-state index contributed by atoms with van der Waals surface area (Å²) in [7, 11) is 0. The number of aromatic nitrogens is 6. The predicted octanol–water partition coefficient (Wildman–Crippen LogP) is 7.54. The summed E-state index contributed by atoms with van der Waals surface area (Å²) < 4.78 is 7.59. The van der Waals surface area contributed by atoms with Crippen LogP contribution in [0.1, 0.15) is 23.7 Å². The number of pyridine rings is 1. The van der Waals surface area contributed by atoms with Gasteiger partial charge in [0.15, 0.2) is 0 Å². The van der Waals surface area contributed by atoms with E-state index in [4.69, 9.17) is 10.1 Å². The summed E-state index contributed by atoms with van der Waals surface area (Å²) in [5.41, 5.74) is 6.03. The lowest BCUT2D eigenvalue weighted by Crippen LogP contribution is -2.27. The summed E-state index contributed by atoms with van der Waals surface area (Å²) >= 11 is 3.48. The lowest BCUT2D eigenvalue weighted by Gasteiger charge is -2.27. The van der Waals surface area contributed by atoms with Crippen molar-refractivity contribution < 1.29 is 0 Å². The number of para-hydroxylation sites is 2. The highest BCUT2D eigenvalue weighted by Gasteiger charge is 2.32. The number of rotatable bonds is 3. The molecule has 0 radical (unpaired) electrons. The van der Waals surface area contributed by atoms with Gasteiger partial charge in [0.25, 0.3) is 0 Å². The molecule has 0 aliphatic heterocycles. The lowest BCUT2D eigenvalue weighted by molar-refractivity contribution is 0.463. The van der Waals surface area contributed by atoms with Crippen molar-refractivity contribution in [1.29, 1.82) is 0 Å². The van der Waals surface area contributed by atoms with Crippen LogP contribution < -0.4 is 0 Å². The molecule has 0 bridgehead atoms. The van der Waals surface area contributed by atoms with Gasteiger partial charge in [-0.15, -0.1) is 22.7 Å². The Morgan fingerprint density at radius 2 is 1.49 bits per heavy atom.